The van der Waals surface area contributed by atoms with Gasteiger partial charge in [0.15, 0.2) is 5.69 Å². The molecule has 2 rings (SSSR count). The van der Waals surface area contributed by atoms with Crippen LogP contribution in [0.25, 0.3) is 5.57 Å². The lowest BCUT2D eigenvalue weighted by atomic mass is 10.1. The number of hydroxylamine groups is 1. The van der Waals surface area contributed by atoms with Crippen LogP contribution in [0, 0.1) is 5.95 Å². The fraction of sp³-hybridized carbons (Fsp3) is 0.273. The van der Waals surface area contributed by atoms with Gasteiger partial charge in [-0.25, -0.2) is 9.78 Å². The lowest BCUT2D eigenvalue weighted by Crippen LogP contribution is -2.21. The number of carbonyl (C=O) groups is 1. The number of methoxy groups -OCH3 is 1. The van der Waals surface area contributed by atoms with Crippen molar-refractivity contribution in [3.05, 3.63) is 35.4 Å². The summed E-state index contributed by atoms with van der Waals surface area (Å²) in [5.41, 5.74) is 3.63. The van der Waals surface area contributed by atoms with Crippen molar-refractivity contribution in [2.45, 2.75) is 0 Å². The molecule has 1 aromatic rings. The minimum atomic E-state index is -0.704. The summed E-state index contributed by atoms with van der Waals surface area (Å²) >= 11 is 0. The molecule has 0 atom stereocenters. The standard InChI is InChI=1S/C11H11FN2O3/c1-16-11(15)9-3-2-8(10(12)14-9)7-4-5-13-17-6-7/h2-4,13H,5-6H2,1H3. The number of ether oxygens (including phenoxy) is 1. The Morgan fingerprint density at radius 3 is 3.00 bits per heavy atom. The van der Waals surface area contributed by atoms with Crippen molar-refractivity contribution in [2.75, 3.05) is 20.3 Å². The SMILES string of the molecule is COC(=O)c1ccc(C2=CCNOC2)c(F)n1. The molecule has 6 heteroatoms. The van der Waals surface area contributed by atoms with Gasteiger partial charge in [0.2, 0.25) is 5.95 Å². The van der Waals surface area contributed by atoms with Gasteiger partial charge in [-0.05, 0) is 17.7 Å². The van der Waals surface area contributed by atoms with E-state index >= 15 is 0 Å². The van der Waals surface area contributed by atoms with Crippen LogP contribution in [0.2, 0.25) is 0 Å². The molecule has 1 aliphatic heterocycles. The van der Waals surface area contributed by atoms with Gasteiger partial charge in [-0.15, -0.1) is 0 Å². The summed E-state index contributed by atoms with van der Waals surface area (Å²) in [7, 11) is 1.22. The van der Waals surface area contributed by atoms with E-state index in [1.165, 1.54) is 19.2 Å². The summed E-state index contributed by atoms with van der Waals surface area (Å²) in [4.78, 5) is 19.7. The van der Waals surface area contributed by atoms with Crippen LogP contribution in [0.3, 0.4) is 0 Å². The van der Waals surface area contributed by atoms with Crippen LogP contribution < -0.4 is 5.48 Å². The van der Waals surface area contributed by atoms with Crippen molar-refractivity contribution in [2.24, 2.45) is 0 Å². The fourth-order valence-electron chi connectivity index (χ4n) is 1.49. The second-order valence-corrected chi connectivity index (χ2v) is 3.39. The van der Waals surface area contributed by atoms with Crippen LogP contribution in [0.1, 0.15) is 16.1 Å². The zero-order chi connectivity index (χ0) is 12.3. The maximum atomic E-state index is 13.7. The quantitative estimate of drug-likeness (QED) is 0.613. The first-order valence-electron chi connectivity index (χ1n) is 5.01. The molecule has 0 saturated carbocycles. The number of pyridine rings is 1. The zero-order valence-electron chi connectivity index (χ0n) is 9.20. The molecule has 5 nitrogen and oxygen atoms in total. The van der Waals surface area contributed by atoms with E-state index in [0.29, 0.717) is 17.7 Å². The Balaban J connectivity index is 2.31. The van der Waals surface area contributed by atoms with Gasteiger partial charge in [0.05, 0.1) is 13.7 Å². The molecule has 1 aliphatic rings. The summed E-state index contributed by atoms with van der Waals surface area (Å²) in [6, 6.07) is 2.92. The fourth-order valence-corrected chi connectivity index (χ4v) is 1.49. The van der Waals surface area contributed by atoms with Crippen LogP contribution >= 0.6 is 0 Å². The molecule has 17 heavy (non-hydrogen) atoms. The Morgan fingerprint density at radius 2 is 2.41 bits per heavy atom. The molecule has 0 aliphatic carbocycles. The van der Waals surface area contributed by atoms with Crippen molar-refractivity contribution in [1.82, 2.24) is 10.5 Å². The zero-order valence-corrected chi connectivity index (χ0v) is 9.20. The topological polar surface area (TPSA) is 60.5 Å². The average Bonchev–Trinajstić information content (AvgIpc) is 2.38. The number of carbonyl (C=O) groups excluding carboxylic acids is 1. The molecular formula is C11H11FN2O3. The van der Waals surface area contributed by atoms with Crippen LogP contribution in [0.4, 0.5) is 4.39 Å². The maximum Gasteiger partial charge on any atom is 0.356 e. The maximum absolute atomic E-state index is 13.7. The molecular weight excluding hydrogens is 227 g/mol. The number of esters is 1. The van der Waals surface area contributed by atoms with Crippen molar-refractivity contribution in [1.29, 1.82) is 0 Å². The molecule has 0 amide bonds. The average molecular weight is 238 g/mol. The third-order valence-corrected chi connectivity index (χ3v) is 2.35. The van der Waals surface area contributed by atoms with E-state index in [2.05, 4.69) is 15.2 Å². The normalized spacial score (nSPS) is 15.3. The van der Waals surface area contributed by atoms with E-state index in [9.17, 15) is 9.18 Å². The Morgan fingerprint density at radius 1 is 1.59 bits per heavy atom. The molecule has 2 heterocycles. The monoisotopic (exact) mass is 238 g/mol. The van der Waals surface area contributed by atoms with Gasteiger partial charge in [-0.1, -0.05) is 6.08 Å². The lowest BCUT2D eigenvalue weighted by molar-refractivity contribution is 0.0592. The van der Waals surface area contributed by atoms with Gasteiger partial charge < -0.3 is 4.74 Å². The van der Waals surface area contributed by atoms with E-state index in [1.54, 1.807) is 6.08 Å². The summed E-state index contributed by atoms with van der Waals surface area (Å²) in [5, 5.41) is 0. The summed E-state index contributed by atoms with van der Waals surface area (Å²) < 4.78 is 18.2. The van der Waals surface area contributed by atoms with E-state index in [4.69, 9.17) is 4.84 Å². The minimum Gasteiger partial charge on any atom is -0.464 e. The predicted molar refractivity (Wildman–Crippen MR) is 57.5 cm³/mol. The van der Waals surface area contributed by atoms with Gasteiger partial charge in [-0.2, -0.15) is 9.87 Å². The smallest absolute Gasteiger partial charge is 0.356 e. The van der Waals surface area contributed by atoms with E-state index in [0.717, 1.165) is 0 Å². The molecule has 1 aromatic heterocycles. The molecule has 90 valence electrons. The molecule has 0 aromatic carbocycles. The van der Waals surface area contributed by atoms with E-state index in [-0.39, 0.29) is 12.3 Å². The van der Waals surface area contributed by atoms with Gasteiger partial charge >= 0.3 is 5.97 Å². The Hall–Kier alpha value is -1.79. The number of rotatable bonds is 2. The Labute approximate surface area is 97.2 Å². The van der Waals surface area contributed by atoms with Crippen molar-refractivity contribution < 1.29 is 18.8 Å². The van der Waals surface area contributed by atoms with Crippen LogP contribution in [0.15, 0.2) is 18.2 Å². The highest BCUT2D eigenvalue weighted by Gasteiger charge is 2.15. The lowest BCUT2D eigenvalue weighted by Gasteiger charge is -2.14. The van der Waals surface area contributed by atoms with Gasteiger partial charge in [0.25, 0.3) is 0 Å². The Bertz CT molecular complexity index is 474. The summed E-state index contributed by atoms with van der Waals surface area (Å²) in [5.74, 6) is -1.37. The number of hydrogen-bond acceptors (Lipinski definition) is 5. The van der Waals surface area contributed by atoms with Crippen LogP contribution in [-0.2, 0) is 9.57 Å². The third kappa shape index (κ3) is 2.48. The van der Waals surface area contributed by atoms with Crippen LogP contribution in [0.5, 0.6) is 0 Å². The number of nitrogens with zero attached hydrogens (tertiary/aromatic N) is 1. The van der Waals surface area contributed by atoms with Gasteiger partial charge in [0, 0.05) is 12.1 Å². The van der Waals surface area contributed by atoms with Gasteiger partial charge in [-0.3, -0.25) is 4.84 Å². The minimum absolute atomic E-state index is 0.0517. The van der Waals surface area contributed by atoms with Crippen molar-refractivity contribution in [3.63, 3.8) is 0 Å². The number of aromatic nitrogens is 1. The molecule has 0 fully saturated rings. The largest absolute Gasteiger partial charge is 0.464 e. The molecule has 0 radical (unpaired) electrons. The summed E-state index contributed by atoms with van der Waals surface area (Å²) in [6.45, 7) is 0.768. The van der Waals surface area contributed by atoms with E-state index in [1.807, 2.05) is 0 Å². The molecule has 0 saturated heterocycles. The first-order chi connectivity index (χ1) is 8.22. The summed E-state index contributed by atoms with van der Waals surface area (Å²) in [6.07, 6.45) is 1.81. The molecule has 0 spiro atoms. The first kappa shape index (κ1) is 11.7. The number of hydrogen-bond donors (Lipinski definition) is 1. The second kappa shape index (κ2) is 5.03. The van der Waals surface area contributed by atoms with Crippen molar-refractivity contribution >= 4 is 11.5 Å². The third-order valence-electron chi connectivity index (χ3n) is 2.35. The second-order valence-electron chi connectivity index (χ2n) is 3.39. The highest BCUT2D eigenvalue weighted by molar-refractivity contribution is 5.87. The number of nitrogens with one attached hydrogen (secondary N) is 1. The van der Waals surface area contributed by atoms with Crippen LogP contribution in [-0.4, -0.2) is 31.2 Å². The van der Waals surface area contributed by atoms with E-state index < -0.39 is 11.9 Å². The Kier molecular flexibility index (Phi) is 3.46. The highest BCUT2D eigenvalue weighted by atomic mass is 19.1. The van der Waals surface area contributed by atoms with Gasteiger partial charge in [0.1, 0.15) is 0 Å². The molecule has 0 unspecified atom stereocenters. The van der Waals surface area contributed by atoms with Crippen molar-refractivity contribution in [3.8, 4) is 0 Å². The molecule has 1 N–H and O–H groups in total. The molecule has 0 bridgehead atoms. The predicted octanol–water partition coefficient (Wildman–Crippen LogP) is 0.925. The number of halogens is 1. The first-order valence-corrected chi connectivity index (χ1v) is 5.01. The highest BCUT2D eigenvalue weighted by Crippen LogP contribution is 2.19.